The minimum absolute atomic E-state index is 0.194. The highest BCUT2D eigenvalue weighted by Gasteiger charge is 2.44. The van der Waals surface area contributed by atoms with Crippen LogP contribution in [-0.2, 0) is 0 Å². The van der Waals surface area contributed by atoms with Gasteiger partial charge in [0.1, 0.15) is 17.5 Å². The second kappa shape index (κ2) is 5.52. The number of hydrogen-bond acceptors (Lipinski definition) is 6. The Labute approximate surface area is 143 Å². The maximum atomic E-state index is 12.4. The van der Waals surface area contributed by atoms with Crippen LogP contribution in [0.25, 0.3) is 11.4 Å². The summed E-state index contributed by atoms with van der Waals surface area (Å²) in [5, 5.41) is 24.9. The highest BCUT2D eigenvalue weighted by atomic mass is 16.5. The normalized spacial score (nSPS) is 21.4. The van der Waals surface area contributed by atoms with E-state index in [2.05, 4.69) is 20.6 Å². The molecule has 0 fully saturated rings. The van der Waals surface area contributed by atoms with Crippen LogP contribution in [0.3, 0.4) is 0 Å². The Morgan fingerprint density at radius 3 is 2.84 bits per heavy atom. The number of tetrazole rings is 1. The minimum Gasteiger partial charge on any atom is -0.485 e. The molecule has 4 rings (SSSR count). The van der Waals surface area contributed by atoms with Gasteiger partial charge in [-0.1, -0.05) is 6.07 Å². The van der Waals surface area contributed by atoms with Gasteiger partial charge in [0, 0.05) is 23.4 Å². The number of aromatic amines is 1. The number of ether oxygens (including phenoxy) is 1. The van der Waals surface area contributed by atoms with Crippen LogP contribution in [0.4, 0.5) is 0 Å². The molecule has 3 heterocycles. The largest absolute Gasteiger partial charge is 0.485 e. The summed E-state index contributed by atoms with van der Waals surface area (Å²) in [6, 6.07) is 9.77. The molecule has 0 saturated heterocycles. The van der Waals surface area contributed by atoms with Crippen molar-refractivity contribution >= 4 is 0 Å². The number of H-pyrrole nitrogens is 1. The fourth-order valence-electron chi connectivity index (χ4n) is 3.16. The zero-order valence-corrected chi connectivity index (χ0v) is 13.7. The summed E-state index contributed by atoms with van der Waals surface area (Å²) in [5.41, 5.74) is 0.375. The van der Waals surface area contributed by atoms with Crippen LogP contribution >= 0.6 is 0 Å². The molecule has 2 N–H and O–H groups in total. The van der Waals surface area contributed by atoms with Crippen molar-refractivity contribution in [3.8, 4) is 17.1 Å². The van der Waals surface area contributed by atoms with Gasteiger partial charge in [0.2, 0.25) is 5.82 Å². The van der Waals surface area contributed by atoms with E-state index in [1.54, 1.807) is 38.2 Å². The molecule has 2 atom stereocenters. The Bertz CT molecular complexity index is 964. The standard InChI is InChI=1S/C17H17N5O3/c1-17(2)15(24)14(22-8-4-3-5-13(22)23)11-9-10(6-7-12(11)25-17)16-18-20-21-19-16/h3-9,14-15,24H,1-2H3,(H,18,19,20,21)/t14-,15+/m1/s1. The molecule has 0 radical (unpaired) electrons. The molecule has 0 saturated carbocycles. The fraction of sp³-hybridized carbons (Fsp3) is 0.294. The van der Waals surface area contributed by atoms with Crippen molar-refractivity contribution in [3.05, 3.63) is 58.5 Å². The van der Waals surface area contributed by atoms with Gasteiger partial charge in [0.05, 0.1) is 6.04 Å². The maximum absolute atomic E-state index is 12.4. The Kier molecular flexibility index (Phi) is 3.43. The van der Waals surface area contributed by atoms with Crippen molar-refractivity contribution in [2.45, 2.75) is 31.6 Å². The summed E-state index contributed by atoms with van der Waals surface area (Å²) in [5.74, 6) is 1.05. The number of hydrogen-bond donors (Lipinski definition) is 2. The van der Waals surface area contributed by atoms with Gasteiger partial charge in [0.15, 0.2) is 0 Å². The van der Waals surface area contributed by atoms with E-state index in [-0.39, 0.29) is 5.56 Å². The SMILES string of the molecule is CC1(C)Oc2ccc(-c3nn[nH]n3)cc2[C@@H](n2ccccc2=O)[C@@H]1O. The number of nitrogens with zero attached hydrogens (tertiary/aromatic N) is 4. The van der Waals surface area contributed by atoms with Crippen LogP contribution in [0.5, 0.6) is 5.75 Å². The number of aromatic nitrogens is 5. The number of nitrogens with one attached hydrogen (secondary N) is 1. The Morgan fingerprint density at radius 1 is 1.28 bits per heavy atom. The van der Waals surface area contributed by atoms with Crippen LogP contribution in [0, 0.1) is 0 Å². The average Bonchev–Trinajstić information content (AvgIpc) is 3.11. The molecular formula is C17H17N5O3. The first-order chi connectivity index (χ1) is 12.0. The zero-order valence-electron chi connectivity index (χ0n) is 13.7. The summed E-state index contributed by atoms with van der Waals surface area (Å²) in [6.07, 6.45) is 0.753. The quantitative estimate of drug-likeness (QED) is 0.725. The van der Waals surface area contributed by atoms with Crippen LogP contribution in [0.15, 0.2) is 47.4 Å². The summed E-state index contributed by atoms with van der Waals surface area (Å²) < 4.78 is 7.49. The fourth-order valence-corrected chi connectivity index (χ4v) is 3.16. The lowest BCUT2D eigenvalue weighted by atomic mass is 9.85. The van der Waals surface area contributed by atoms with E-state index in [1.807, 2.05) is 12.1 Å². The van der Waals surface area contributed by atoms with E-state index < -0.39 is 17.7 Å². The van der Waals surface area contributed by atoms with E-state index in [9.17, 15) is 9.90 Å². The molecule has 1 aliphatic heterocycles. The molecular weight excluding hydrogens is 322 g/mol. The number of fused-ring (bicyclic) bond motifs is 1. The molecule has 0 unspecified atom stereocenters. The summed E-state index contributed by atoms with van der Waals surface area (Å²) in [7, 11) is 0. The molecule has 0 amide bonds. The number of pyridine rings is 1. The van der Waals surface area contributed by atoms with E-state index >= 15 is 0 Å². The molecule has 1 aliphatic rings. The van der Waals surface area contributed by atoms with Gasteiger partial charge in [-0.15, -0.1) is 10.2 Å². The lowest BCUT2D eigenvalue weighted by molar-refractivity contribution is -0.0642. The molecule has 8 nitrogen and oxygen atoms in total. The molecule has 0 aliphatic carbocycles. The molecule has 8 heteroatoms. The number of aliphatic hydroxyl groups excluding tert-OH is 1. The van der Waals surface area contributed by atoms with Crippen molar-refractivity contribution in [2.24, 2.45) is 0 Å². The predicted molar refractivity (Wildman–Crippen MR) is 89.2 cm³/mol. The van der Waals surface area contributed by atoms with E-state index in [0.29, 0.717) is 17.1 Å². The number of rotatable bonds is 2. The molecule has 0 spiro atoms. The average molecular weight is 339 g/mol. The summed E-state index contributed by atoms with van der Waals surface area (Å²) in [4.78, 5) is 12.4. The van der Waals surface area contributed by atoms with Crippen molar-refractivity contribution in [3.63, 3.8) is 0 Å². The summed E-state index contributed by atoms with van der Waals surface area (Å²) >= 11 is 0. The van der Waals surface area contributed by atoms with Gasteiger partial charge < -0.3 is 14.4 Å². The molecule has 2 aromatic heterocycles. The van der Waals surface area contributed by atoms with Crippen LogP contribution in [-0.4, -0.2) is 42.0 Å². The molecule has 3 aromatic rings. The van der Waals surface area contributed by atoms with Gasteiger partial charge in [0.25, 0.3) is 5.56 Å². The van der Waals surface area contributed by atoms with Crippen molar-refractivity contribution in [2.75, 3.05) is 0 Å². The summed E-state index contributed by atoms with van der Waals surface area (Å²) in [6.45, 7) is 3.60. The van der Waals surface area contributed by atoms with Crippen molar-refractivity contribution in [1.82, 2.24) is 25.2 Å². The second-order valence-electron chi connectivity index (χ2n) is 6.53. The third-order valence-electron chi connectivity index (χ3n) is 4.47. The van der Waals surface area contributed by atoms with E-state index in [1.165, 1.54) is 10.6 Å². The smallest absolute Gasteiger partial charge is 0.251 e. The van der Waals surface area contributed by atoms with Crippen molar-refractivity contribution < 1.29 is 9.84 Å². The zero-order chi connectivity index (χ0) is 17.6. The van der Waals surface area contributed by atoms with Gasteiger partial charge in [-0.2, -0.15) is 5.21 Å². The lowest BCUT2D eigenvalue weighted by Gasteiger charge is -2.42. The second-order valence-corrected chi connectivity index (χ2v) is 6.53. The lowest BCUT2D eigenvalue weighted by Crippen LogP contribution is -2.52. The molecule has 0 bridgehead atoms. The molecule has 25 heavy (non-hydrogen) atoms. The Hall–Kier alpha value is -3.00. The van der Waals surface area contributed by atoms with Gasteiger partial charge >= 0.3 is 0 Å². The first kappa shape index (κ1) is 15.5. The highest BCUT2D eigenvalue weighted by Crippen LogP contribution is 2.42. The molecule has 1 aromatic carbocycles. The van der Waals surface area contributed by atoms with Crippen LogP contribution in [0.1, 0.15) is 25.5 Å². The van der Waals surface area contributed by atoms with E-state index in [0.717, 1.165) is 5.56 Å². The van der Waals surface area contributed by atoms with E-state index in [4.69, 9.17) is 4.74 Å². The van der Waals surface area contributed by atoms with Crippen molar-refractivity contribution in [1.29, 1.82) is 0 Å². The third-order valence-corrected chi connectivity index (χ3v) is 4.47. The monoisotopic (exact) mass is 339 g/mol. The minimum atomic E-state index is -0.916. The number of benzene rings is 1. The predicted octanol–water partition coefficient (Wildman–Crippen LogP) is 1.15. The van der Waals surface area contributed by atoms with Gasteiger partial charge in [-0.3, -0.25) is 4.79 Å². The Balaban J connectivity index is 1.93. The highest BCUT2D eigenvalue weighted by molar-refractivity contribution is 5.59. The first-order valence-corrected chi connectivity index (χ1v) is 7.89. The first-order valence-electron chi connectivity index (χ1n) is 7.89. The maximum Gasteiger partial charge on any atom is 0.251 e. The Morgan fingerprint density at radius 2 is 2.12 bits per heavy atom. The third kappa shape index (κ3) is 2.51. The van der Waals surface area contributed by atoms with Gasteiger partial charge in [-0.25, -0.2) is 0 Å². The van der Waals surface area contributed by atoms with Crippen LogP contribution in [0.2, 0.25) is 0 Å². The topological polar surface area (TPSA) is 106 Å². The number of aliphatic hydroxyl groups is 1. The molecule has 128 valence electrons. The van der Waals surface area contributed by atoms with Gasteiger partial charge in [-0.05, 0) is 43.3 Å². The van der Waals surface area contributed by atoms with Crippen LogP contribution < -0.4 is 10.3 Å².